The van der Waals surface area contributed by atoms with Crippen LogP contribution >= 0.6 is 0 Å². The van der Waals surface area contributed by atoms with E-state index in [1.807, 2.05) is 56.3 Å². The standard InChI is InChI=1S/C22H21N3O2/c1-16-11-20(14-24-27-15-19-8-5-4-7-18(19)13-23)17(2)25(16)21-9-6-10-22(12-21)26-3/h4-12,14H,15H2,1-3H3/b24-14+. The summed E-state index contributed by atoms with van der Waals surface area (Å²) >= 11 is 0. The second-order valence-electron chi connectivity index (χ2n) is 6.14. The van der Waals surface area contributed by atoms with E-state index in [0.29, 0.717) is 5.56 Å². The monoisotopic (exact) mass is 359 g/mol. The summed E-state index contributed by atoms with van der Waals surface area (Å²) in [5.74, 6) is 0.815. The minimum atomic E-state index is 0.259. The molecular weight excluding hydrogens is 338 g/mol. The third kappa shape index (κ3) is 4.01. The van der Waals surface area contributed by atoms with Crippen molar-refractivity contribution in [3.63, 3.8) is 0 Å². The van der Waals surface area contributed by atoms with Crippen LogP contribution in [0.4, 0.5) is 0 Å². The Morgan fingerprint density at radius 2 is 1.93 bits per heavy atom. The molecule has 0 unspecified atom stereocenters. The number of aromatic nitrogens is 1. The van der Waals surface area contributed by atoms with Gasteiger partial charge >= 0.3 is 0 Å². The molecule has 0 amide bonds. The molecule has 0 spiro atoms. The van der Waals surface area contributed by atoms with Crippen LogP contribution in [0.5, 0.6) is 5.75 Å². The maximum Gasteiger partial charge on any atom is 0.143 e. The van der Waals surface area contributed by atoms with Crippen LogP contribution in [0.15, 0.2) is 59.8 Å². The van der Waals surface area contributed by atoms with Gasteiger partial charge in [-0.05, 0) is 38.1 Å². The van der Waals surface area contributed by atoms with Crippen LogP contribution in [0.25, 0.3) is 5.69 Å². The number of oxime groups is 1. The summed E-state index contributed by atoms with van der Waals surface area (Å²) in [6, 6.07) is 19.5. The molecule has 0 N–H and O–H groups in total. The average molecular weight is 359 g/mol. The SMILES string of the molecule is COc1cccc(-n2c(C)cc(/C=N/OCc3ccccc3C#N)c2C)c1. The van der Waals surface area contributed by atoms with Gasteiger partial charge in [0, 0.05) is 34.3 Å². The molecule has 27 heavy (non-hydrogen) atoms. The fraction of sp³-hybridized carbons (Fsp3) is 0.182. The Balaban J connectivity index is 1.76. The van der Waals surface area contributed by atoms with Crippen molar-refractivity contribution in [2.75, 3.05) is 7.11 Å². The Labute approximate surface area is 159 Å². The van der Waals surface area contributed by atoms with Crippen molar-refractivity contribution in [1.82, 2.24) is 4.57 Å². The van der Waals surface area contributed by atoms with E-state index in [2.05, 4.69) is 21.9 Å². The van der Waals surface area contributed by atoms with Crippen LogP contribution in [0, 0.1) is 25.2 Å². The van der Waals surface area contributed by atoms with Crippen LogP contribution in [0.2, 0.25) is 0 Å². The van der Waals surface area contributed by atoms with Gasteiger partial charge in [0.1, 0.15) is 12.4 Å². The van der Waals surface area contributed by atoms with Gasteiger partial charge in [0.2, 0.25) is 0 Å². The van der Waals surface area contributed by atoms with Crippen LogP contribution in [0.3, 0.4) is 0 Å². The summed E-state index contributed by atoms with van der Waals surface area (Å²) in [6.45, 7) is 4.35. The highest BCUT2D eigenvalue weighted by molar-refractivity contribution is 5.81. The van der Waals surface area contributed by atoms with Gasteiger partial charge in [-0.2, -0.15) is 5.26 Å². The number of hydrogen-bond acceptors (Lipinski definition) is 4. The third-order valence-corrected chi connectivity index (χ3v) is 4.41. The molecule has 1 aromatic heterocycles. The number of benzene rings is 2. The number of aryl methyl sites for hydroxylation is 1. The Morgan fingerprint density at radius 3 is 2.70 bits per heavy atom. The first-order valence-electron chi connectivity index (χ1n) is 8.60. The Kier molecular flexibility index (Phi) is 5.58. The quantitative estimate of drug-likeness (QED) is 0.480. The molecule has 5 nitrogen and oxygen atoms in total. The fourth-order valence-electron chi connectivity index (χ4n) is 3.02. The molecule has 0 atom stereocenters. The molecule has 5 heteroatoms. The molecule has 0 aliphatic rings. The zero-order chi connectivity index (χ0) is 19.2. The number of nitrogens with zero attached hydrogens (tertiary/aromatic N) is 3. The zero-order valence-electron chi connectivity index (χ0n) is 15.6. The maximum atomic E-state index is 9.11. The van der Waals surface area contributed by atoms with E-state index in [1.165, 1.54) is 0 Å². The van der Waals surface area contributed by atoms with Gasteiger partial charge in [0.05, 0.1) is 25.0 Å². The molecule has 3 rings (SSSR count). The van der Waals surface area contributed by atoms with Crippen molar-refractivity contribution in [1.29, 1.82) is 5.26 Å². The molecule has 0 radical (unpaired) electrons. The van der Waals surface area contributed by atoms with Crippen LogP contribution in [-0.4, -0.2) is 17.9 Å². The van der Waals surface area contributed by atoms with E-state index < -0.39 is 0 Å². The highest BCUT2D eigenvalue weighted by Crippen LogP contribution is 2.23. The van der Waals surface area contributed by atoms with Crippen molar-refractivity contribution in [3.05, 3.63) is 82.7 Å². The number of hydrogen-bond donors (Lipinski definition) is 0. The van der Waals surface area contributed by atoms with Crippen LogP contribution in [0.1, 0.15) is 28.1 Å². The minimum absolute atomic E-state index is 0.259. The van der Waals surface area contributed by atoms with Crippen LogP contribution in [-0.2, 0) is 11.4 Å². The number of ether oxygens (including phenoxy) is 1. The van der Waals surface area contributed by atoms with Crippen LogP contribution < -0.4 is 4.74 Å². The summed E-state index contributed by atoms with van der Waals surface area (Å²) in [5.41, 5.74) is 5.59. The molecule has 0 saturated heterocycles. The number of methoxy groups -OCH3 is 1. The second kappa shape index (κ2) is 8.24. The van der Waals surface area contributed by atoms with Gasteiger partial charge < -0.3 is 14.1 Å². The predicted octanol–water partition coefficient (Wildman–Crippen LogP) is 4.53. The number of nitriles is 1. The zero-order valence-corrected chi connectivity index (χ0v) is 15.6. The molecule has 3 aromatic rings. The van der Waals surface area contributed by atoms with Crippen molar-refractivity contribution in [3.8, 4) is 17.5 Å². The molecule has 2 aromatic carbocycles. The Morgan fingerprint density at radius 1 is 1.11 bits per heavy atom. The first kappa shape index (κ1) is 18.3. The van der Waals surface area contributed by atoms with Crippen molar-refractivity contribution in [2.24, 2.45) is 5.16 Å². The lowest BCUT2D eigenvalue weighted by Crippen LogP contribution is -2.00. The van der Waals surface area contributed by atoms with Gasteiger partial charge in [-0.1, -0.05) is 29.4 Å². The first-order valence-corrected chi connectivity index (χ1v) is 8.60. The molecule has 0 aliphatic heterocycles. The van der Waals surface area contributed by atoms with E-state index in [4.69, 9.17) is 14.8 Å². The summed E-state index contributed by atoms with van der Waals surface area (Å²) in [7, 11) is 1.66. The van der Waals surface area contributed by atoms with Crippen molar-refractivity contribution in [2.45, 2.75) is 20.5 Å². The van der Waals surface area contributed by atoms with Gasteiger partial charge in [0.25, 0.3) is 0 Å². The average Bonchev–Trinajstić information content (AvgIpc) is 2.98. The Bertz CT molecular complexity index is 1010. The lowest BCUT2D eigenvalue weighted by Gasteiger charge is -2.11. The molecule has 1 heterocycles. The third-order valence-electron chi connectivity index (χ3n) is 4.41. The van der Waals surface area contributed by atoms with Gasteiger partial charge in [-0.15, -0.1) is 0 Å². The van der Waals surface area contributed by atoms with E-state index in [1.54, 1.807) is 19.4 Å². The number of rotatable bonds is 6. The van der Waals surface area contributed by atoms with Gasteiger partial charge in [-0.3, -0.25) is 0 Å². The molecule has 0 saturated carbocycles. The predicted molar refractivity (Wildman–Crippen MR) is 105 cm³/mol. The fourth-order valence-corrected chi connectivity index (χ4v) is 3.02. The minimum Gasteiger partial charge on any atom is -0.497 e. The van der Waals surface area contributed by atoms with E-state index in [-0.39, 0.29) is 6.61 Å². The summed E-state index contributed by atoms with van der Waals surface area (Å²) in [4.78, 5) is 5.40. The maximum absolute atomic E-state index is 9.11. The van der Waals surface area contributed by atoms with E-state index >= 15 is 0 Å². The van der Waals surface area contributed by atoms with Gasteiger partial charge in [0.15, 0.2) is 0 Å². The molecule has 0 aliphatic carbocycles. The summed E-state index contributed by atoms with van der Waals surface area (Å²) in [5, 5.41) is 13.2. The topological polar surface area (TPSA) is 59.5 Å². The smallest absolute Gasteiger partial charge is 0.143 e. The normalized spacial score (nSPS) is 10.7. The van der Waals surface area contributed by atoms with E-state index in [0.717, 1.165) is 34.0 Å². The largest absolute Gasteiger partial charge is 0.497 e. The highest BCUT2D eigenvalue weighted by atomic mass is 16.6. The second-order valence-corrected chi connectivity index (χ2v) is 6.14. The van der Waals surface area contributed by atoms with Crippen molar-refractivity contribution < 1.29 is 9.57 Å². The Hall–Kier alpha value is -3.52. The summed E-state index contributed by atoms with van der Waals surface area (Å²) in [6.07, 6.45) is 1.70. The molecule has 0 fully saturated rings. The molecule has 0 bridgehead atoms. The van der Waals surface area contributed by atoms with Gasteiger partial charge in [-0.25, -0.2) is 0 Å². The first-order chi connectivity index (χ1) is 13.1. The molecule has 136 valence electrons. The molecular formula is C22H21N3O2. The summed E-state index contributed by atoms with van der Waals surface area (Å²) < 4.78 is 7.47. The lowest BCUT2D eigenvalue weighted by atomic mass is 10.1. The highest BCUT2D eigenvalue weighted by Gasteiger charge is 2.10. The lowest BCUT2D eigenvalue weighted by molar-refractivity contribution is 0.132. The van der Waals surface area contributed by atoms with Crippen molar-refractivity contribution >= 4 is 6.21 Å². The van der Waals surface area contributed by atoms with E-state index in [9.17, 15) is 0 Å².